The minimum absolute atomic E-state index is 0.0643. The van der Waals surface area contributed by atoms with Gasteiger partial charge in [-0.3, -0.25) is 4.79 Å². The molecule has 5 nitrogen and oxygen atoms in total. The summed E-state index contributed by atoms with van der Waals surface area (Å²) < 4.78 is 0. The summed E-state index contributed by atoms with van der Waals surface area (Å²) in [5.41, 5.74) is 5.45. The summed E-state index contributed by atoms with van der Waals surface area (Å²) in [5, 5.41) is 8.48. The molecule has 0 saturated carbocycles. The van der Waals surface area contributed by atoms with Gasteiger partial charge in [-0.15, -0.1) is 0 Å². The Balaban J connectivity index is 3.07. The van der Waals surface area contributed by atoms with E-state index >= 15 is 0 Å². The van der Waals surface area contributed by atoms with Crippen LogP contribution in [-0.2, 0) is 4.79 Å². The van der Waals surface area contributed by atoms with E-state index in [9.17, 15) is 4.79 Å². The van der Waals surface area contributed by atoms with Crippen molar-refractivity contribution in [1.29, 1.82) is 5.26 Å². The summed E-state index contributed by atoms with van der Waals surface area (Å²) >= 11 is 0. The molecule has 0 aromatic carbocycles. The third-order valence-corrected chi connectivity index (χ3v) is 1.28. The Kier molecular flexibility index (Phi) is 1.60. The van der Waals surface area contributed by atoms with Gasteiger partial charge >= 0.3 is 0 Å². The first-order valence-corrected chi connectivity index (χ1v) is 2.95. The molecule has 0 aliphatic carbocycles. The van der Waals surface area contributed by atoms with Crippen molar-refractivity contribution >= 4 is 11.9 Å². The molecule has 0 atom stereocenters. The van der Waals surface area contributed by atoms with Gasteiger partial charge in [-0.25, -0.2) is 4.90 Å². The van der Waals surface area contributed by atoms with Crippen LogP contribution in [0.1, 0.15) is 6.92 Å². The Morgan fingerprint density at radius 3 is 2.82 bits per heavy atom. The predicted octanol–water partition coefficient (Wildman–Crippen LogP) is -0.472. The maximum absolute atomic E-state index is 10.9. The van der Waals surface area contributed by atoms with E-state index in [-0.39, 0.29) is 11.7 Å². The molecule has 1 aliphatic rings. The molecule has 1 amide bonds. The van der Waals surface area contributed by atoms with Gasteiger partial charge in [-0.1, -0.05) is 6.08 Å². The van der Waals surface area contributed by atoms with Crippen molar-refractivity contribution in [3.8, 4) is 6.19 Å². The number of hydrogen-bond acceptors (Lipinski definition) is 4. The Morgan fingerprint density at radius 1 is 1.82 bits per heavy atom. The summed E-state index contributed by atoms with van der Waals surface area (Å²) in [4.78, 5) is 15.2. The van der Waals surface area contributed by atoms with Crippen molar-refractivity contribution in [3.05, 3.63) is 11.8 Å². The summed E-state index contributed by atoms with van der Waals surface area (Å²) in [5.74, 6) is -0.530. The van der Waals surface area contributed by atoms with Crippen molar-refractivity contribution in [2.45, 2.75) is 6.92 Å². The summed E-state index contributed by atoms with van der Waals surface area (Å²) in [7, 11) is 0. The lowest BCUT2D eigenvalue weighted by Gasteiger charge is -2.04. The fourth-order valence-corrected chi connectivity index (χ4v) is 0.788. The third-order valence-electron chi connectivity index (χ3n) is 1.28. The van der Waals surface area contributed by atoms with Gasteiger partial charge in [-0.05, 0) is 6.92 Å². The number of rotatable bonds is 0. The fraction of sp³-hybridized carbons (Fsp3) is 0.167. The summed E-state index contributed by atoms with van der Waals surface area (Å²) in [6, 6.07) is 0. The van der Waals surface area contributed by atoms with E-state index < -0.39 is 5.91 Å². The van der Waals surface area contributed by atoms with Gasteiger partial charge < -0.3 is 5.73 Å². The number of carbonyl (C=O) groups is 1. The normalized spacial score (nSPS) is 20.4. The van der Waals surface area contributed by atoms with E-state index in [0.717, 1.165) is 4.90 Å². The van der Waals surface area contributed by atoms with Crippen molar-refractivity contribution in [1.82, 2.24) is 4.90 Å². The molecule has 56 valence electrons. The number of nitrogens with zero attached hydrogens (tertiary/aromatic N) is 3. The zero-order valence-electron chi connectivity index (χ0n) is 5.90. The number of amides is 1. The molecular weight excluding hydrogens is 144 g/mol. The zero-order valence-corrected chi connectivity index (χ0v) is 5.90. The van der Waals surface area contributed by atoms with Crippen molar-refractivity contribution in [2.75, 3.05) is 0 Å². The molecule has 0 unspecified atom stereocenters. The lowest BCUT2D eigenvalue weighted by Crippen LogP contribution is -2.28. The van der Waals surface area contributed by atoms with Crippen LogP contribution < -0.4 is 5.73 Å². The predicted molar refractivity (Wildman–Crippen MR) is 37.8 cm³/mol. The van der Waals surface area contributed by atoms with Gasteiger partial charge in [0.15, 0.2) is 6.19 Å². The highest BCUT2D eigenvalue weighted by molar-refractivity contribution is 6.10. The van der Waals surface area contributed by atoms with E-state index in [0.29, 0.717) is 0 Å². The van der Waals surface area contributed by atoms with Crippen LogP contribution in [0.3, 0.4) is 0 Å². The number of hydrogen-bond donors (Lipinski definition) is 1. The van der Waals surface area contributed by atoms with Gasteiger partial charge in [0.05, 0.1) is 0 Å². The number of aliphatic imine (C=N–C) groups is 1. The molecular formula is C6H6N4O. The van der Waals surface area contributed by atoms with Gasteiger partial charge in [0.2, 0.25) is 5.96 Å². The first-order valence-electron chi connectivity index (χ1n) is 2.95. The van der Waals surface area contributed by atoms with Crippen LogP contribution >= 0.6 is 0 Å². The third kappa shape index (κ3) is 0.942. The average Bonchev–Trinajstić information content (AvgIpc) is 2.24. The number of carbonyl (C=O) groups excluding carboxylic acids is 1. The molecule has 0 bridgehead atoms. The van der Waals surface area contributed by atoms with E-state index in [1.165, 1.54) is 6.08 Å². The van der Waals surface area contributed by atoms with E-state index in [1.807, 2.05) is 0 Å². The average molecular weight is 150 g/mol. The Morgan fingerprint density at radius 2 is 2.45 bits per heavy atom. The lowest BCUT2D eigenvalue weighted by atomic mass is 10.4. The second-order valence-corrected chi connectivity index (χ2v) is 1.88. The maximum atomic E-state index is 10.9. The van der Waals surface area contributed by atoms with Gasteiger partial charge in [-0.2, -0.15) is 10.3 Å². The molecule has 0 aromatic rings. The molecule has 1 heterocycles. The minimum atomic E-state index is -0.466. The molecule has 5 heteroatoms. The van der Waals surface area contributed by atoms with Crippen LogP contribution in [0, 0.1) is 11.5 Å². The van der Waals surface area contributed by atoms with Gasteiger partial charge in [0, 0.05) is 0 Å². The molecule has 0 aromatic heterocycles. The first kappa shape index (κ1) is 7.28. The Hall–Kier alpha value is -1.83. The second kappa shape index (κ2) is 2.42. The molecule has 0 fully saturated rings. The molecule has 11 heavy (non-hydrogen) atoms. The fourth-order valence-electron chi connectivity index (χ4n) is 0.788. The highest BCUT2D eigenvalue weighted by Gasteiger charge is 2.26. The highest BCUT2D eigenvalue weighted by Crippen LogP contribution is 2.11. The maximum Gasteiger partial charge on any atom is 0.297 e. The minimum Gasteiger partial charge on any atom is -0.368 e. The number of guanidine groups is 1. The monoisotopic (exact) mass is 150 g/mol. The number of nitriles is 1. The molecule has 0 saturated heterocycles. The van der Waals surface area contributed by atoms with Crippen LogP contribution in [0.25, 0.3) is 0 Å². The molecule has 1 rings (SSSR count). The SMILES string of the molecule is C/C=C1\C(=O)N=C(N)N1C#N. The quantitative estimate of drug-likeness (QED) is 0.373. The smallest absolute Gasteiger partial charge is 0.297 e. The molecule has 1 aliphatic heterocycles. The van der Waals surface area contributed by atoms with Gasteiger partial charge in [0.1, 0.15) is 5.70 Å². The Labute approximate surface area is 63.4 Å². The topological polar surface area (TPSA) is 82.5 Å². The highest BCUT2D eigenvalue weighted by atomic mass is 16.2. The van der Waals surface area contributed by atoms with Crippen LogP contribution in [0.2, 0.25) is 0 Å². The Bertz CT molecular complexity index is 296. The lowest BCUT2D eigenvalue weighted by molar-refractivity contribution is -0.114. The standard InChI is InChI=1S/C6H6N4O/c1-2-4-5(11)9-6(8)10(4)3-7/h2H,1H3,(H2,8,9,11)/b4-2+. The van der Waals surface area contributed by atoms with Crippen LogP contribution in [0.15, 0.2) is 16.8 Å². The van der Waals surface area contributed by atoms with Crippen LogP contribution in [0.4, 0.5) is 0 Å². The van der Waals surface area contributed by atoms with Crippen LogP contribution in [-0.4, -0.2) is 16.8 Å². The largest absolute Gasteiger partial charge is 0.368 e. The van der Waals surface area contributed by atoms with Crippen molar-refractivity contribution < 1.29 is 4.79 Å². The van der Waals surface area contributed by atoms with Crippen molar-refractivity contribution in [2.24, 2.45) is 10.7 Å². The zero-order chi connectivity index (χ0) is 8.43. The number of allylic oxidation sites excluding steroid dienone is 1. The van der Waals surface area contributed by atoms with E-state index in [1.54, 1.807) is 13.1 Å². The van der Waals surface area contributed by atoms with Gasteiger partial charge in [0.25, 0.3) is 5.91 Å². The summed E-state index contributed by atoms with van der Waals surface area (Å²) in [6.07, 6.45) is 3.23. The summed E-state index contributed by atoms with van der Waals surface area (Å²) in [6.45, 7) is 1.64. The molecule has 0 radical (unpaired) electrons. The molecule has 2 N–H and O–H groups in total. The van der Waals surface area contributed by atoms with Crippen LogP contribution in [0.5, 0.6) is 0 Å². The van der Waals surface area contributed by atoms with E-state index in [4.69, 9.17) is 11.0 Å². The molecule has 0 spiro atoms. The second-order valence-electron chi connectivity index (χ2n) is 1.88. The first-order chi connectivity index (χ1) is 5.20. The van der Waals surface area contributed by atoms with E-state index in [2.05, 4.69) is 4.99 Å². The number of nitrogens with two attached hydrogens (primary N) is 1. The van der Waals surface area contributed by atoms with Crippen molar-refractivity contribution in [3.63, 3.8) is 0 Å².